The van der Waals surface area contributed by atoms with Gasteiger partial charge >= 0.3 is 0 Å². The fourth-order valence-corrected chi connectivity index (χ4v) is 3.54. The second-order valence-corrected chi connectivity index (χ2v) is 7.18. The van der Waals surface area contributed by atoms with Crippen molar-refractivity contribution < 1.29 is 4.74 Å². The molecule has 1 fully saturated rings. The number of nitrogens with zero attached hydrogens (tertiary/aromatic N) is 5. The normalized spacial score (nSPS) is 13.8. The lowest BCUT2D eigenvalue weighted by atomic mass is 10.2. The number of nitriles is 1. The molecule has 1 saturated heterocycles. The van der Waals surface area contributed by atoms with Gasteiger partial charge in [-0.25, -0.2) is 15.0 Å². The minimum absolute atomic E-state index is 0.398. The van der Waals surface area contributed by atoms with E-state index in [1.54, 1.807) is 18.5 Å². The lowest BCUT2D eigenvalue weighted by molar-refractivity contribution is 0.122. The Morgan fingerprint density at radius 3 is 2.57 bits per heavy atom. The third-order valence-electron chi connectivity index (χ3n) is 4.20. The van der Waals surface area contributed by atoms with Crippen molar-refractivity contribution in [3.05, 3.63) is 60.6 Å². The fraction of sp³-hybridized carbons (Fsp3) is 0.200. The number of benzene rings is 1. The Kier molecular flexibility index (Phi) is 5.66. The molecule has 0 amide bonds. The topological polar surface area (TPSA) is 87.0 Å². The van der Waals surface area contributed by atoms with E-state index in [0.717, 1.165) is 41.9 Å². The average molecular weight is 390 g/mol. The summed E-state index contributed by atoms with van der Waals surface area (Å²) in [4.78, 5) is 16.1. The molecule has 1 aliphatic rings. The highest BCUT2D eigenvalue weighted by atomic mass is 32.2. The number of pyridine rings is 1. The summed E-state index contributed by atoms with van der Waals surface area (Å²) in [6.07, 6.45) is 3.39. The number of nitrogens with one attached hydrogen (secondary N) is 1. The molecule has 0 saturated carbocycles. The van der Waals surface area contributed by atoms with Gasteiger partial charge in [-0.2, -0.15) is 5.26 Å². The first kappa shape index (κ1) is 18.2. The molecule has 3 aromatic rings. The van der Waals surface area contributed by atoms with Gasteiger partial charge in [-0.15, -0.1) is 0 Å². The first-order valence-electron chi connectivity index (χ1n) is 8.87. The molecule has 28 heavy (non-hydrogen) atoms. The summed E-state index contributed by atoms with van der Waals surface area (Å²) in [5.74, 6) is 0.533. The molecule has 4 rings (SSSR count). The molecule has 3 heterocycles. The molecular formula is C20H18N6OS. The summed E-state index contributed by atoms with van der Waals surface area (Å²) in [6, 6.07) is 15.6. The maximum atomic E-state index is 8.83. The Morgan fingerprint density at radius 2 is 1.86 bits per heavy atom. The van der Waals surface area contributed by atoms with Gasteiger partial charge in [0.1, 0.15) is 16.8 Å². The molecule has 1 aromatic carbocycles. The van der Waals surface area contributed by atoms with Crippen molar-refractivity contribution in [2.24, 2.45) is 0 Å². The number of anilines is 3. The van der Waals surface area contributed by atoms with E-state index in [1.807, 2.05) is 30.3 Å². The Balaban J connectivity index is 1.42. The first-order chi connectivity index (χ1) is 13.8. The van der Waals surface area contributed by atoms with Gasteiger partial charge in [0, 0.05) is 41.8 Å². The maximum Gasteiger partial charge on any atom is 0.228 e. The van der Waals surface area contributed by atoms with E-state index < -0.39 is 0 Å². The molecule has 1 aliphatic heterocycles. The van der Waals surface area contributed by atoms with Gasteiger partial charge in [0.25, 0.3) is 0 Å². The van der Waals surface area contributed by atoms with Gasteiger partial charge in [-0.1, -0.05) is 11.8 Å². The Morgan fingerprint density at radius 1 is 1.04 bits per heavy atom. The molecule has 7 nitrogen and oxygen atoms in total. The Labute approximate surface area is 167 Å². The number of aromatic nitrogens is 3. The van der Waals surface area contributed by atoms with Crippen molar-refractivity contribution in [1.29, 1.82) is 5.26 Å². The number of morpholine rings is 1. The van der Waals surface area contributed by atoms with Crippen molar-refractivity contribution in [2.45, 2.75) is 9.92 Å². The van der Waals surface area contributed by atoms with Crippen LogP contribution in [0.4, 0.5) is 17.3 Å². The van der Waals surface area contributed by atoms with Crippen LogP contribution in [0, 0.1) is 11.3 Å². The summed E-state index contributed by atoms with van der Waals surface area (Å²) >= 11 is 1.47. The number of ether oxygens (including phenoxy) is 1. The highest BCUT2D eigenvalue weighted by Gasteiger charge is 2.11. The van der Waals surface area contributed by atoms with Gasteiger partial charge < -0.3 is 15.0 Å². The zero-order valence-electron chi connectivity index (χ0n) is 15.1. The van der Waals surface area contributed by atoms with Crippen LogP contribution in [-0.2, 0) is 4.74 Å². The van der Waals surface area contributed by atoms with E-state index in [2.05, 4.69) is 37.3 Å². The van der Waals surface area contributed by atoms with Crippen LogP contribution in [0.5, 0.6) is 0 Å². The van der Waals surface area contributed by atoms with Crippen molar-refractivity contribution >= 4 is 29.1 Å². The molecular weight excluding hydrogens is 372 g/mol. The molecule has 0 bridgehead atoms. The van der Waals surface area contributed by atoms with E-state index in [-0.39, 0.29) is 0 Å². The van der Waals surface area contributed by atoms with Gasteiger partial charge in [-0.05, 0) is 42.5 Å². The SMILES string of the molecule is N#Cc1ccc(Sc2ccnc(Nc3ccc(N4CCOCC4)cc3)n2)cn1. The molecule has 0 radical (unpaired) electrons. The number of hydrogen-bond donors (Lipinski definition) is 1. The number of hydrogen-bond acceptors (Lipinski definition) is 8. The zero-order chi connectivity index (χ0) is 19.2. The highest BCUT2D eigenvalue weighted by molar-refractivity contribution is 7.99. The standard InChI is InChI=1S/C20H18N6OS/c21-13-16-3-6-18(14-23-16)28-19-7-8-22-20(25-19)24-15-1-4-17(5-2-15)26-9-11-27-12-10-26/h1-8,14H,9-12H2,(H,22,24,25). The van der Waals surface area contributed by atoms with Gasteiger partial charge in [-0.3, -0.25) is 0 Å². The van der Waals surface area contributed by atoms with E-state index in [0.29, 0.717) is 11.6 Å². The van der Waals surface area contributed by atoms with E-state index >= 15 is 0 Å². The molecule has 0 atom stereocenters. The predicted octanol–water partition coefficient (Wildman–Crippen LogP) is 3.47. The van der Waals surface area contributed by atoms with Crippen LogP contribution in [0.3, 0.4) is 0 Å². The molecule has 2 aromatic heterocycles. The van der Waals surface area contributed by atoms with Crippen LogP contribution in [-0.4, -0.2) is 41.3 Å². The minimum Gasteiger partial charge on any atom is -0.378 e. The quantitative estimate of drug-likeness (QED) is 0.663. The van der Waals surface area contributed by atoms with Crippen molar-refractivity contribution in [2.75, 3.05) is 36.5 Å². The summed E-state index contributed by atoms with van der Waals surface area (Å²) in [6.45, 7) is 3.37. The largest absolute Gasteiger partial charge is 0.378 e. The van der Waals surface area contributed by atoms with Gasteiger partial charge in [0.2, 0.25) is 5.95 Å². The summed E-state index contributed by atoms with van der Waals surface area (Å²) in [7, 11) is 0. The second kappa shape index (κ2) is 8.69. The molecule has 140 valence electrons. The molecule has 0 unspecified atom stereocenters. The maximum absolute atomic E-state index is 8.83. The van der Waals surface area contributed by atoms with E-state index in [9.17, 15) is 0 Å². The van der Waals surface area contributed by atoms with Crippen molar-refractivity contribution in [3.8, 4) is 6.07 Å². The smallest absolute Gasteiger partial charge is 0.228 e. The molecule has 8 heteroatoms. The zero-order valence-corrected chi connectivity index (χ0v) is 15.9. The Bertz CT molecular complexity index is 965. The third-order valence-corrected chi connectivity index (χ3v) is 5.12. The first-order valence-corrected chi connectivity index (χ1v) is 9.69. The summed E-state index contributed by atoms with van der Waals surface area (Å²) < 4.78 is 5.40. The second-order valence-electron chi connectivity index (χ2n) is 6.08. The van der Waals surface area contributed by atoms with Gasteiger partial charge in [0.15, 0.2) is 0 Å². The molecule has 0 spiro atoms. The monoisotopic (exact) mass is 390 g/mol. The Hall–Kier alpha value is -3.15. The molecule has 1 N–H and O–H groups in total. The minimum atomic E-state index is 0.398. The fourth-order valence-electron chi connectivity index (χ4n) is 2.79. The van der Waals surface area contributed by atoms with Crippen LogP contribution in [0.2, 0.25) is 0 Å². The van der Waals surface area contributed by atoms with Crippen LogP contribution < -0.4 is 10.2 Å². The van der Waals surface area contributed by atoms with Crippen LogP contribution in [0.1, 0.15) is 5.69 Å². The lowest BCUT2D eigenvalue weighted by Gasteiger charge is -2.28. The third kappa shape index (κ3) is 4.57. The predicted molar refractivity (Wildman–Crippen MR) is 108 cm³/mol. The number of rotatable bonds is 5. The van der Waals surface area contributed by atoms with Crippen molar-refractivity contribution in [1.82, 2.24) is 15.0 Å². The lowest BCUT2D eigenvalue weighted by Crippen LogP contribution is -2.36. The summed E-state index contributed by atoms with van der Waals surface area (Å²) in [5, 5.41) is 12.9. The van der Waals surface area contributed by atoms with Crippen molar-refractivity contribution in [3.63, 3.8) is 0 Å². The molecule has 0 aliphatic carbocycles. The van der Waals surface area contributed by atoms with Crippen LogP contribution in [0.25, 0.3) is 0 Å². The highest BCUT2D eigenvalue weighted by Crippen LogP contribution is 2.26. The van der Waals surface area contributed by atoms with Crippen LogP contribution >= 0.6 is 11.8 Å². The van der Waals surface area contributed by atoms with Crippen LogP contribution in [0.15, 0.2) is 64.8 Å². The van der Waals surface area contributed by atoms with Gasteiger partial charge in [0.05, 0.1) is 13.2 Å². The average Bonchev–Trinajstić information content (AvgIpc) is 2.76. The van der Waals surface area contributed by atoms with E-state index in [1.165, 1.54) is 17.4 Å². The summed E-state index contributed by atoms with van der Waals surface area (Å²) in [5.41, 5.74) is 2.52. The van der Waals surface area contributed by atoms with E-state index in [4.69, 9.17) is 10.00 Å².